The Balaban J connectivity index is 1.51. The number of fused-ring (bicyclic) bond motifs is 1. The third kappa shape index (κ3) is 4.25. The summed E-state index contributed by atoms with van der Waals surface area (Å²) in [7, 11) is 0. The van der Waals surface area contributed by atoms with E-state index in [4.69, 9.17) is 4.42 Å². The number of hydrogen-bond acceptors (Lipinski definition) is 5. The van der Waals surface area contributed by atoms with E-state index in [1.807, 2.05) is 0 Å². The Morgan fingerprint density at radius 2 is 1.90 bits per heavy atom. The molecular formula is C21H13F3N2O3S. The predicted molar refractivity (Wildman–Crippen MR) is 107 cm³/mol. The number of benzene rings is 2. The summed E-state index contributed by atoms with van der Waals surface area (Å²) in [5.41, 5.74) is -0.811. The van der Waals surface area contributed by atoms with Crippen LogP contribution >= 0.6 is 11.3 Å². The van der Waals surface area contributed by atoms with Gasteiger partial charge in [0.2, 0.25) is 0 Å². The second-order valence-corrected chi connectivity index (χ2v) is 7.56. The highest BCUT2D eigenvalue weighted by atomic mass is 32.1. The number of thiazole rings is 1. The first-order valence-corrected chi connectivity index (χ1v) is 9.56. The minimum atomic E-state index is -4.41. The quantitative estimate of drug-likeness (QED) is 0.457. The molecule has 4 rings (SSSR count). The minimum absolute atomic E-state index is 0.164. The van der Waals surface area contributed by atoms with Gasteiger partial charge in [0.25, 0.3) is 5.91 Å². The van der Waals surface area contributed by atoms with E-state index in [2.05, 4.69) is 10.3 Å². The number of carbonyl (C=O) groups excluding carboxylic acids is 1. The number of alkyl halides is 3. The van der Waals surface area contributed by atoms with Gasteiger partial charge in [-0.3, -0.25) is 10.1 Å². The van der Waals surface area contributed by atoms with Crippen molar-refractivity contribution in [1.82, 2.24) is 4.98 Å². The second-order valence-electron chi connectivity index (χ2n) is 6.45. The SMILES string of the molecule is O=C(Nc1ncc(Cc2cccc(C(F)(F)F)c2)s1)c1cc2ccccc2oc1=O. The van der Waals surface area contributed by atoms with Gasteiger partial charge in [0.05, 0.1) is 5.56 Å². The highest BCUT2D eigenvalue weighted by Gasteiger charge is 2.30. The largest absolute Gasteiger partial charge is 0.422 e. The first-order chi connectivity index (χ1) is 14.3. The Hall–Kier alpha value is -3.46. The van der Waals surface area contributed by atoms with Crippen LogP contribution in [0.25, 0.3) is 11.0 Å². The van der Waals surface area contributed by atoms with E-state index < -0.39 is 23.3 Å². The molecule has 9 heteroatoms. The average molecular weight is 430 g/mol. The predicted octanol–water partition coefficient (Wildman–Crippen LogP) is 5.11. The summed E-state index contributed by atoms with van der Waals surface area (Å²) in [5, 5.41) is 3.37. The molecule has 0 aliphatic rings. The van der Waals surface area contributed by atoms with E-state index in [0.29, 0.717) is 21.4 Å². The molecule has 1 amide bonds. The number of para-hydroxylation sites is 1. The zero-order valence-electron chi connectivity index (χ0n) is 15.2. The molecule has 1 N–H and O–H groups in total. The fraction of sp³-hybridized carbons (Fsp3) is 0.0952. The highest BCUT2D eigenvalue weighted by Crippen LogP contribution is 2.30. The summed E-state index contributed by atoms with van der Waals surface area (Å²) in [6, 6.07) is 13.3. The van der Waals surface area contributed by atoms with Crippen molar-refractivity contribution in [3.8, 4) is 0 Å². The van der Waals surface area contributed by atoms with Crippen molar-refractivity contribution in [2.24, 2.45) is 0 Å². The van der Waals surface area contributed by atoms with Crippen LogP contribution in [0.2, 0.25) is 0 Å². The average Bonchev–Trinajstić information content (AvgIpc) is 3.13. The molecule has 0 unspecified atom stereocenters. The second kappa shape index (κ2) is 7.75. The monoisotopic (exact) mass is 430 g/mol. The Bertz CT molecular complexity index is 1290. The lowest BCUT2D eigenvalue weighted by molar-refractivity contribution is -0.137. The van der Waals surface area contributed by atoms with Gasteiger partial charge >= 0.3 is 11.8 Å². The maximum atomic E-state index is 12.9. The summed E-state index contributed by atoms with van der Waals surface area (Å²) in [6.45, 7) is 0. The molecule has 4 aromatic rings. The van der Waals surface area contributed by atoms with E-state index in [-0.39, 0.29) is 17.1 Å². The van der Waals surface area contributed by atoms with Crippen molar-refractivity contribution in [2.45, 2.75) is 12.6 Å². The van der Waals surface area contributed by atoms with E-state index >= 15 is 0 Å². The molecule has 2 aromatic heterocycles. The number of hydrogen-bond donors (Lipinski definition) is 1. The van der Waals surface area contributed by atoms with Crippen LogP contribution in [0.4, 0.5) is 18.3 Å². The maximum Gasteiger partial charge on any atom is 0.416 e. The Kier molecular flexibility index (Phi) is 5.13. The summed E-state index contributed by atoms with van der Waals surface area (Å²) >= 11 is 1.12. The number of halogens is 3. The number of nitrogens with one attached hydrogen (secondary N) is 1. The van der Waals surface area contributed by atoms with Crippen molar-refractivity contribution in [3.63, 3.8) is 0 Å². The van der Waals surface area contributed by atoms with Crippen molar-refractivity contribution in [3.05, 3.63) is 92.8 Å². The molecule has 2 aromatic carbocycles. The number of carbonyl (C=O) groups is 1. The normalized spacial score (nSPS) is 11.6. The minimum Gasteiger partial charge on any atom is -0.422 e. The summed E-state index contributed by atoms with van der Waals surface area (Å²) in [6.07, 6.45) is -2.71. The van der Waals surface area contributed by atoms with Crippen LogP contribution in [-0.4, -0.2) is 10.9 Å². The van der Waals surface area contributed by atoms with Crippen LogP contribution in [0.15, 0.2) is 70.0 Å². The van der Waals surface area contributed by atoms with Crippen molar-refractivity contribution < 1.29 is 22.4 Å². The number of anilines is 1. The van der Waals surface area contributed by atoms with Crippen LogP contribution in [-0.2, 0) is 12.6 Å². The number of amides is 1. The zero-order valence-corrected chi connectivity index (χ0v) is 16.0. The number of rotatable bonds is 4. The van der Waals surface area contributed by atoms with E-state index in [1.54, 1.807) is 30.3 Å². The number of nitrogens with zero attached hydrogens (tertiary/aromatic N) is 1. The smallest absolute Gasteiger partial charge is 0.416 e. The molecule has 0 atom stereocenters. The van der Waals surface area contributed by atoms with Gasteiger partial charge in [-0.1, -0.05) is 36.4 Å². The molecule has 0 bridgehead atoms. The van der Waals surface area contributed by atoms with Crippen LogP contribution < -0.4 is 10.9 Å². The Labute approximate surface area is 171 Å². The van der Waals surface area contributed by atoms with Crippen molar-refractivity contribution in [1.29, 1.82) is 0 Å². The molecule has 0 spiro atoms. The van der Waals surface area contributed by atoms with Crippen molar-refractivity contribution >= 4 is 33.3 Å². The first-order valence-electron chi connectivity index (χ1n) is 8.75. The van der Waals surface area contributed by atoms with Gasteiger partial charge in [-0.25, -0.2) is 9.78 Å². The fourth-order valence-electron chi connectivity index (χ4n) is 2.89. The summed E-state index contributed by atoms with van der Waals surface area (Å²) in [4.78, 5) is 29.3. The van der Waals surface area contributed by atoms with Crippen molar-refractivity contribution in [2.75, 3.05) is 5.32 Å². The van der Waals surface area contributed by atoms with Gasteiger partial charge in [0.1, 0.15) is 11.1 Å². The van der Waals surface area contributed by atoms with Crippen LogP contribution in [0.1, 0.15) is 26.4 Å². The van der Waals surface area contributed by atoms with Gasteiger partial charge in [0.15, 0.2) is 5.13 Å². The van der Waals surface area contributed by atoms with Crippen LogP contribution in [0.5, 0.6) is 0 Å². The molecular weight excluding hydrogens is 417 g/mol. The van der Waals surface area contributed by atoms with Crippen LogP contribution in [0, 0.1) is 0 Å². The topological polar surface area (TPSA) is 72.2 Å². The zero-order chi connectivity index (χ0) is 21.3. The molecule has 0 saturated carbocycles. The fourth-order valence-corrected chi connectivity index (χ4v) is 3.73. The van der Waals surface area contributed by atoms with E-state index in [9.17, 15) is 22.8 Å². The molecule has 2 heterocycles. The first kappa shape index (κ1) is 19.8. The molecule has 30 heavy (non-hydrogen) atoms. The lowest BCUT2D eigenvalue weighted by Gasteiger charge is -2.07. The molecule has 0 aliphatic carbocycles. The van der Waals surface area contributed by atoms with Gasteiger partial charge in [0, 0.05) is 22.9 Å². The van der Waals surface area contributed by atoms with Gasteiger partial charge in [-0.15, -0.1) is 11.3 Å². The van der Waals surface area contributed by atoms with Gasteiger partial charge in [-0.2, -0.15) is 13.2 Å². The molecule has 0 radical (unpaired) electrons. The van der Waals surface area contributed by atoms with E-state index in [1.165, 1.54) is 18.3 Å². The lowest BCUT2D eigenvalue weighted by atomic mass is 10.1. The highest BCUT2D eigenvalue weighted by molar-refractivity contribution is 7.15. The molecule has 0 fully saturated rings. The molecule has 5 nitrogen and oxygen atoms in total. The summed E-state index contributed by atoms with van der Waals surface area (Å²) in [5.74, 6) is -0.672. The number of aromatic nitrogens is 1. The molecule has 152 valence electrons. The van der Waals surface area contributed by atoms with Crippen LogP contribution in [0.3, 0.4) is 0 Å². The summed E-state index contributed by atoms with van der Waals surface area (Å²) < 4.78 is 43.7. The van der Waals surface area contributed by atoms with Gasteiger partial charge in [-0.05, 0) is 23.8 Å². The third-order valence-corrected chi connectivity index (χ3v) is 5.21. The van der Waals surface area contributed by atoms with Gasteiger partial charge < -0.3 is 4.42 Å². The third-order valence-electron chi connectivity index (χ3n) is 4.29. The molecule has 0 saturated heterocycles. The lowest BCUT2D eigenvalue weighted by Crippen LogP contribution is -2.20. The maximum absolute atomic E-state index is 12.9. The van der Waals surface area contributed by atoms with E-state index in [0.717, 1.165) is 23.5 Å². The molecule has 0 aliphatic heterocycles. The Morgan fingerprint density at radius 1 is 1.10 bits per heavy atom. The standard InChI is InChI=1S/C21H13F3N2O3S/c22-21(23,24)14-6-3-4-12(8-14)9-15-11-25-20(30-15)26-18(27)16-10-13-5-1-2-7-17(13)29-19(16)28/h1-8,10-11H,9H2,(H,25,26,27). The Morgan fingerprint density at radius 3 is 2.70 bits per heavy atom.